The molecule has 124 valence electrons. The number of benzene rings is 2. The number of para-hydroxylation sites is 1. The lowest BCUT2D eigenvalue weighted by Gasteiger charge is -2.08. The van der Waals surface area contributed by atoms with Gasteiger partial charge in [-0.3, -0.25) is 14.4 Å². The second-order valence-corrected chi connectivity index (χ2v) is 5.90. The quantitative estimate of drug-likeness (QED) is 0.535. The molecule has 0 saturated heterocycles. The molecule has 2 aromatic carbocycles. The minimum absolute atomic E-state index is 0.303. The monoisotopic (exact) mass is 438 g/mol. The molecule has 0 aromatic heterocycles. The van der Waals surface area contributed by atoms with E-state index in [9.17, 15) is 14.4 Å². The average molecular weight is 438 g/mol. The lowest BCUT2D eigenvalue weighted by Crippen LogP contribution is -2.32. The average Bonchev–Trinajstić information content (AvgIpc) is 2.59. The van der Waals surface area contributed by atoms with Gasteiger partial charge in [-0.05, 0) is 46.9 Å². The van der Waals surface area contributed by atoms with Crippen LogP contribution in [0.5, 0.6) is 0 Å². The van der Waals surface area contributed by atoms with Crippen molar-refractivity contribution >= 4 is 46.1 Å². The summed E-state index contributed by atoms with van der Waals surface area (Å²) in [5.74, 6) is -1.50. The Labute approximate surface area is 152 Å². The number of hydrogen-bond donors (Lipinski definition) is 2. The molecule has 0 unspecified atom stereocenters. The standard InChI is InChI=1S/C17H15IN2O4/c18-14-9-5-4-8-13(14)17(23)19-10-16(22)24-11-15(21)20-12-6-2-1-3-7-12/h1-9H,10-11H2,(H,19,23)(H,20,21). The zero-order valence-electron chi connectivity index (χ0n) is 12.6. The van der Waals surface area contributed by atoms with Gasteiger partial charge in [0.15, 0.2) is 6.61 Å². The molecule has 2 N–H and O–H groups in total. The highest BCUT2D eigenvalue weighted by Gasteiger charge is 2.12. The van der Waals surface area contributed by atoms with Crippen molar-refractivity contribution in [2.75, 3.05) is 18.5 Å². The third kappa shape index (κ3) is 5.65. The number of carbonyl (C=O) groups is 3. The molecule has 2 aromatic rings. The maximum Gasteiger partial charge on any atom is 0.325 e. The normalized spacial score (nSPS) is 9.88. The fourth-order valence-electron chi connectivity index (χ4n) is 1.81. The molecular formula is C17H15IN2O4. The lowest BCUT2D eigenvalue weighted by atomic mass is 10.2. The largest absolute Gasteiger partial charge is 0.454 e. The number of anilines is 1. The van der Waals surface area contributed by atoms with Gasteiger partial charge in [0.05, 0.1) is 5.56 Å². The van der Waals surface area contributed by atoms with Crippen LogP contribution in [-0.2, 0) is 14.3 Å². The predicted octanol–water partition coefficient (Wildman–Crippen LogP) is 2.20. The summed E-state index contributed by atoms with van der Waals surface area (Å²) in [5.41, 5.74) is 1.10. The number of carbonyl (C=O) groups excluding carboxylic acids is 3. The van der Waals surface area contributed by atoms with Crippen molar-refractivity contribution < 1.29 is 19.1 Å². The van der Waals surface area contributed by atoms with Crippen molar-refractivity contribution in [3.8, 4) is 0 Å². The van der Waals surface area contributed by atoms with Gasteiger partial charge in [0.25, 0.3) is 11.8 Å². The van der Waals surface area contributed by atoms with Crippen LogP contribution in [0.3, 0.4) is 0 Å². The van der Waals surface area contributed by atoms with Gasteiger partial charge in [0.1, 0.15) is 6.54 Å². The smallest absolute Gasteiger partial charge is 0.325 e. The molecule has 7 heteroatoms. The molecule has 0 fully saturated rings. The second kappa shape index (κ2) is 9.02. The highest BCUT2D eigenvalue weighted by molar-refractivity contribution is 14.1. The Morgan fingerprint density at radius 2 is 1.62 bits per heavy atom. The highest BCUT2D eigenvalue weighted by Crippen LogP contribution is 2.10. The third-order valence-corrected chi connectivity index (χ3v) is 3.87. The first-order chi connectivity index (χ1) is 11.6. The molecule has 2 rings (SSSR count). The number of hydrogen-bond acceptors (Lipinski definition) is 4. The molecule has 0 aliphatic rings. The van der Waals surface area contributed by atoms with Crippen molar-refractivity contribution in [1.29, 1.82) is 0 Å². The molecule has 0 aliphatic carbocycles. The molecule has 2 amide bonds. The van der Waals surface area contributed by atoms with E-state index >= 15 is 0 Å². The highest BCUT2D eigenvalue weighted by atomic mass is 127. The Bertz CT molecular complexity index is 734. The second-order valence-electron chi connectivity index (χ2n) is 4.74. The summed E-state index contributed by atoms with van der Waals surface area (Å²) in [6.45, 7) is -0.713. The van der Waals surface area contributed by atoms with Gasteiger partial charge in [-0.2, -0.15) is 0 Å². The van der Waals surface area contributed by atoms with Crippen LogP contribution in [0.25, 0.3) is 0 Å². The molecular weight excluding hydrogens is 423 g/mol. The van der Waals surface area contributed by atoms with E-state index in [1.165, 1.54) is 0 Å². The van der Waals surface area contributed by atoms with Gasteiger partial charge in [-0.15, -0.1) is 0 Å². The Kier molecular flexibility index (Phi) is 6.74. The molecule has 0 bridgehead atoms. The van der Waals surface area contributed by atoms with E-state index in [1.54, 1.807) is 42.5 Å². The molecule has 0 saturated carbocycles. The van der Waals surface area contributed by atoms with E-state index in [-0.39, 0.29) is 12.5 Å². The summed E-state index contributed by atoms with van der Waals surface area (Å²) in [5, 5.41) is 5.05. The summed E-state index contributed by atoms with van der Waals surface area (Å²) in [4.78, 5) is 35.2. The van der Waals surface area contributed by atoms with Crippen molar-refractivity contribution in [2.24, 2.45) is 0 Å². The van der Waals surface area contributed by atoms with Crippen molar-refractivity contribution in [2.45, 2.75) is 0 Å². The molecule has 6 nitrogen and oxygen atoms in total. The maximum absolute atomic E-state index is 11.9. The number of esters is 1. The Morgan fingerprint density at radius 3 is 2.33 bits per heavy atom. The SMILES string of the molecule is O=C(COC(=O)CNC(=O)c1ccccc1I)Nc1ccccc1. The number of nitrogens with one attached hydrogen (secondary N) is 2. The Hall–Kier alpha value is -2.42. The van der Waals surface area contributed by atoms with Crippen molar-refractivity contribution in [3.05, 3.63) is 63.7 Å². The van der Waals surface area contributed by atoms with Gasteiger partial charge < -0.3 is 15.4 Å². The zero-order chi connectivity index (χ0) is 17.4. The number of rotatable bonds is 6. The van der Waals surface area contributed by atoms with Crippen LogP contribution < -0.4 is 10.6 Å². The van der Waals surface area contributed by atoms with Crippen molar-refractivity contribution in [3.63, 3.8) is 0 Å². The van der Waals surface area contributed by atoms with Crippen LogP contribution in [0.2, 0.25) is 0 Å². The summed E-state index contributed by atoms with van der Waals surface area (Å²) in [6, 6.07) is 15.8. The Balaban J connectivity index is 1.72. The molecule has 0 aliphatic heterocycles. The molecule has 0 heterocycles. The van der Waals surface area contributed by atoms with Gasteiger partial charge in [-0.25, -0.2) is 0 Å². The molecule has 0 radical (unpaired) electrons. The fraction of sp³-hybridized carbons (Fsp3) is 0.118. The summed E-state index contributed by atoms with van der Waals surface area (Å²) in [7, 11) is 0. The van der Waals surface area contributed by atoms with Gasteiger partial charge in [0, 0.05) is 9.26 Å². The Morgan fingerprint density at radius 1 is 0.958 bits per heavy atom. The van der Waals surface area contributed by atoms with Crippen molar-refractivity contribution in [1.82, 2.24) is 5.32 Å². The molecule has 0 spiro atoms. The summed E-state index contributed by atoms with van der Waals surface area (Å²) >= 11 is 2.04. The van der Waals surface area contributed by atoms with E-state index in [4.69, 9.17) is 4.74 Å². The number of amides is 2. The van der Waals surface area contributed by atoms with Gasteiger partial charge >= 0.3 is 5.97 Å². The van der Waals surface area contributed by atoms with Crippen LogP contribution in [0.1, 0.15) is 10.4 Å². The first-order valence-electron chi connectivity index (χ1n) is 7.09. The van der Waals surface area contributed by atoms with Crippen LogP contribution in [0, 0.1) is 3.57 Å². The lowest BCUT2D eigenvalue weighted by molar-refractivity contribution is -0.146. The number of halogens is 1. The van der Waals surface area contributed by atoms with E-state index in [0.29, 0.717) is 11.3 Å². The van der Waals surface area contributed by atoms with Crippen LogP contribution in [-0.4, -0.2) is 30.9 Å². The van der Waals surface area contributed by atoms with Gasteiger partial charge in [0.2, 0.25) is 0 Å². The number of ether oxygens (including phenoxy) is 1. The minimum Gasteiger partial charge on any atom is -0.454 e. The predicted molar refractivity (Wildman–Crippen MR) is 97.5 cm³/mol. The zero-order valence-corrected chi connectivity index (χ0v) is 14.8. The maximum atomic E-state index is 11.9. The van der Waals surface area contributed by atoms with Crippen LogP contribution in [0.15, 0.2) is 54.6 Å². The minimum atomic E-state index is -0.683. The van der Waals surface area contributed by atoms with E-state index in [2.05, 4.69) is 10.6 Å². The van der Waals surface area contributed by atoms with Crippen LogP contribution in [0.4, 0.5) is 5.69 Å². The van der Waals surface area contributed by atoms with E-state index in [1.807, 2.05) is 34.7 Å². The summed E-state index contributed by atoms with van der Waals surface area (Å²) in [6.07, 6.45) is 0. The van der Waals surface area contributed by atoms with E-state index in [0.717, 1.165) is 3.57 Å². The topological polar surface area (TPSA) is 84.5 Å². The first-order valence-corrected chi connectivity index (χ1v) is 8.17. The third-order valence-electron chi connectivity index (χ3n) is 2.93. The summed E-state index contributed by atoms with van der Waals surface area (Å²) < 4.78 is 5.61. The van der Waals surface area contributed by atoms with Gasteiger partial charge in [-0.1, -0.05) is 30.3 Å². The molecule has 0 atom stereocenters. The van der Waals surface area contributed by atoms with E-state index < -0.39 is 18.5 Å². The van der Waals surface area contributed by atoms with Crippen LogP contribution >= 0.6 is 22.6 Å². The fourth-order valence-corrected chi connectivity index (χ4v) is 2.44. The molecule has 24 heavy (non-hydrogen) atoms. The first kappa shape index (κ1) is 17.9.